The van der Waals surface area contributed by atoms with E-state index in [2.05, 4.69) is 26.0 Å². The van der Waals surface area contributed by atoms with Gasteiger partial charge in [0.2, 0.25) is 0 Å². The number of rotatable bonds is 3. The third-order valence-electron chi connectivity index (χ3n) is 2.81. The maximum atomic E-state index is 9.17. The molecule has 104 valence electrons. The Morgan fingerprint density at radius 1 is 1.38 bits per heavy atom. The number of nitrogens with one attached hydrogen (secondary N) is 1. The number of fused-ring (bicyclic) bond motifs is 1. The largest absolute Gasteiger partial charge is 0.497 e. The van der Waals surface area contributed by atoms with Crippen LogP contribution in [0.25, 0.3) is 11.2 Å². The van der Waals surface area contributed by atoms with Crippen molar-refractivity contribution in [2.45, 2.75) is 10.1 Å². The van der Waals surface area contributed by atoms with Gasteiger partial charge in [-0.2, -0.15) is 5.26 Å². The summed E-state index contributed by atoms with van der Waals surface area (Å²) in [6.45, 7) is 0. The molecule has 3 N–H and O–H groups in total. The fraction of sp³-hybridized carbons (Fsp3) is 0.0769. The van der Waals surface area contributed by atoms with E-state index >= 15 is 0 Å². The van der Waals surface area contributed by atoms with Crippen molar-refractivity contribution in [1.29, 1.82) is 5.26 Å². The molecule has 0 atom stereocenters. The SMILES string of the molecule is COc1ccc(C#N)c(Sc2nc3c(N)ncnc3[nH]2)c1. The summed E-state index contributed by atoms with van der Waals surface area (Å²) in [5.41, 5.74) is 7.37. The molecule has 0 aliphatic carbocycles. The predicted octanol–water partition coefficient (Wildman–Crippen LogP) is 1.97. The highest BCUT2D eigenvalue weighted by Gasteiger charge is 2.12. The second-order valence-electron chi connectivity index (χ2n) is 4.07. The molecule has 0 amide bonds. The summed E-state index contributed by atoms with van der Waals surface area (Å²) in [6.07, 6.45) is 1.37. The Morgan fingerprint density at radius 2 is 2.24 bits per heavy atom. The minimum Gasteiger partial charge on any atom is -0.497 e. The third-order valence-corrected chi connectivity index (χ3v) is 3.75. The van der Waals surface area contributed by atoms with E-state index in [1.807, 2.05) is 0 Å². The average molecular weight is 298 g/mol. The molecule has 0 saturated carbocycles. The summed E-state index contributed by atoms with van der Waals surface area (Å²) in [4.78, 5) is 16.1. The summed E-state index contributed by atoms with van der Waals surface area (Å²) >= 11 is 1.31. The lowest BCUT2D eigenvalue weighted by atomic mass is 10.2. The first-order valence-corrected chi connectivity index (χ1v) is 6.75. The Kier molecular flexibility index (Phi) is 3.33. The van der Waals surface area contributed by atoms with Gasteiger partial charge in [-0.05, 0) is 18.2 Å². The number of ether oxygens (including phenoxy) is 1. The van der Waals surface area contributed by atoms with Crippen molar-refractivity contribution in [2.24, 2.45) is 0 Å². The number of nitriles is 1. The molecule has 3 rings (SSSR count). The Labute approximate surface area is 124 Å². The number of benzene rings is 1. The molecule has 1 aromatic carbocycles. The fourth-order valence-electron chi connectivity index (χ4n) is 1.78. The van der Waals surface area contributed by atoms with E-state index in [-0.39, 0.29) is 0 Å². The molecule has 0 fully saturated rings. The van der Waals surface area contributed by atoms with Crippen LogP contribution in [0.4, 0.5) is 5.82 Å². The number of aromatic amines is 1. The molecule has 0 unspecified atom stereocenters. The van der Waals surface area contributed by atoms with Gasteiger partial charge in [0.25, 0.3) is 0 Å². The van der Waals surface area contributed by atoms with Gasteiger partial charge in [0.15, 0.2) is 22.1 Å². The Hall–Kier alpha value is -2.79. The van der Waals surface area contributed by atoms with Crippen LogP contribution in [-0.2, 0) is 0 Å². The average Bonchev–Trinajstić information content (AvgIpc) is 2.91. The highest BCUT2D eigenvalue weighted by atomic mass is 32.2. The molecule has 7 nitrogen and oxygen atoms in total. The summed E-state index contributed by atoms with van der Waals surface area (Å²) in [5.74, 6) is 0.987. The van der Waals surface area contributed by atoms with E-state index in [4.69, 9.17) is 15.7 Å². The normalized spacial score (nSPS) is 10.5. The zero-order chi connectivity index (χ0) is 14.8. The number of hydrogen-bond acceptors (Lipinski definition) is 7. The molecule has 0 bridgehead atoms. The number of aromatic nitrogens is 4. The van der Waals surface area contributed by atoms with E-state index in [0.29, 0.717) is 33.5 Å². The number of methoxy groups -OCH3 is 1. The fourth-order valence-corrected chi connectivity index (χ4v) is 2.68. The van der Waals surface area contributed by atoms with Crippen molar-refractivity contribution >= 4 is 28.7 Å². The number of H-pyrrole nitrogens is 1. The Bertz CT molecular complexity index is 853. The van der Waals surface area contributed by atoms with E-state index in [1.54, 1.807) is 25.3 Å². The maximum absolute atomic E-state index is 9.17. The summed E-state index contributed by atoms with van der Waals surface area (Å²) in [5, 5.41) is 9.75. The standard InChI is InChI=1S/C13H10N6OS/c1-20-8-3-2-7(5-14)9(4-8)21-13-18-10-11(15)16-6-17-12(10)19-13/h2-4,6H,1H3,(H3,15,16,17,18,19). The molecule has 2 aromatic heterocycles. The van der Waals surface area contributed by atoms with Crippen LogP contribution in [-0.4, -0.2) is 27.0 Å². The van der Waals surface area contributed by atoms with Crippen molar-refractivity contribution in [1.82, 2.24) is 19.9 Å². The molecule has 0 spiro atoms. The maximum Gasteiger partial charge on any atom is 0.172 e. The number of anilines is 1. The van der Waals surface area contributed by atoms with E-state index in [0.717, 1.165) is 4.90 Å². The second-order valence-corrected chi connectivity index (χ2v) is 5.10. The lowest BCUT2D eigenvalue weighted by Gasteiger charge is -2.04. The van der Waals surface area contributed by atoms with Crippen LogP contribution in [0.2, 0.25) is 0 Å². The second kappa shape index (κ2) is 5.30. The minimum atomic E-state index is 0.314. The quantitative estimate of drug-likeness (QED) is 0.759. The molecule has 0 aliphatic rings. The van der Waals surface area contributed by atoms with Crippen LogP contribution in [0.1, 0.15) is 5.56 Å². The van der Waals surface area contributed by atoms with Gasteiger partial charge < -0.3 is 15.5 Å². The number of hydrogen-bond donors (Lipinski definition) is 2. The van der Waals surface area contributed by atoms with Crippen LogP contribution in [0.15, 0.2) is 34.6 Å². The van der Waals surface area contributed by atoms with Gasteiger partial charge >= 0.3 is 0 Å². The molecular formula is C13H10N6OS. The van der Waals surface area contributed by atoms with E-state index < -0.39 is 0 Å². The Balaban J connectivity index is 2.02. The third kappa shape index (κ3) is 2.46. The lowest BCUT2D eigenvalue weighted by molar-refractivity contribution is 0.413. The number of nitrogens with zero attached hydrogens (tertiary/aromatic N) is 4. The number of imidazole rings is 1. The van der Waals surface area contributed by atoms with Gasteiger partial charge in [-0.1, -0.05) is 11.8 Å². The number of nitrogen functional groups attached to an aromatic ring is 1. The van der Waals surface area contributed by atoms with Crippen LogP contribution in [0.5, 0.6) is 5.75 Å². The van der Waals surface area contributed by atoms with Crippen molar-refractivity contribution in [2.75, 3.05) is 12.8 Å². The van der Waals surface area contributed by atoms with Gasteiger partial charge in [0.05, 0.1) is 12.7 Å². The van der Waals surface area contributed by atoms with Gasteiger partial charge in [-0.3, -0.25) is 0 Å². The van der Waals surface area contributed by atoms with Crippen LogP contribution >= 0.6 is 11.8 Å². The highest BCUT2D eigenvalue weighted by Crippen LogP contribution is 2.32. The van der Waals surface area contributed by atoms with Crippen LogP contribution in [0, 0.1) is 11.3 Å². The molecular weight excluding hydrogens is 288 g/mol. The molecule has 8 heteroatoms. The summed E-state index contributed by atoms with van der Waals surface area (Å²) in [7, 11) is 1.58. The summed E-state index contributed by atoms with van der Waals surface area (Å²) in [6, 6.07) is 7.37. The topological polar surface area (TPSA) is 114 Å². The predicted molar refractivity (Wildman–Crippen MR) is 77.9 cm³/mol. The molecule has 0 saturated heterocycles. The molecule has 2 heterocycles. The molecule has 0 radical (unpaired) electrons. The van der Waals surface area contributed by atoms with Crippen LogP contribution in [0.3, 0.4) is 0 Å². The van der Waals surface area contributed by atoms with Crippen molar-refractivity contribution in [3.63, 3.8) is 0 Å². The molecule has 3 aromatic rings. The van der Waals surface area contributed by atoms with Gasteiger partial charge in [0, 0.05) is 4.90 Å². The van der Waals surface area contributed by atoms with Gasteiger partial charge in [0.1, 0.15) is 18.1 Å². The highest BCUT2D eigenvalue weighted by molar-refractivity contribution is 7.99. The molecule has 0 aliphatic heterocycles. The van der Waals surface area contributed by atoms with Crippen molar-refractivity contribution in [3.05, 3.63) is 30.1 Å². The first-order valence-electron chi connectivity index (χ1n) is 5.93. The van der Waals surface area contributed by atoms with Crippen molar-refractivity contribution < 1.29 is 4.74 Å². The monoisotopic (exact) mass is 298 g/mol. The number of nitrogens with two attached hydrogens (primary N) is 1. The zero-order valence-corrected chi connectivity index (χ0v) is 11.8. The zero-order valence-electron chi connectivity index (χ0n) is 11.0. The molecule has 21 heavy (non-hydrogen) atoms. The van der Waals surface area contributed by atoms with Crippen molar-refractivity contribution in [3.8, 4) is 11.8 Å². The van der Waals surface area contributed by atoms with Crippen LogP contribution < -0.4 is 10.5 Å². The minimum absolute atomic E-state index is 0.314. The Morgan fingerprint density at radius 3 is 2.95 bits per heavy atom. The van der Waals surface area contributed by atoms with E-state index in [1.165, 1.54) is 18.1 Å². The first kappa shape index (κ1) is 13.2. The first-order chi connectivity index (χ1) is 10.2. The summed E-state index contributed by atoms with van der Waals surface area (Å²) < 4.78 is 5.17. The van der Waals surface area contributed by atoms with Gasteiger partial charge in [-0.15, -0.1) is 0 Å². The smallest absolute Gasteiger partial charge is 0.172 e. The van der Waals surface area contributed by atoms with E-state index in [9.17, 15) is 0 Å². The lowest BCUT2D eigenvalue weighted by Crippen LogP contribution is -1.91. The van der Waals surface area contributed by atoms with Gasteiger partial charge in [-0.25, -0.2) is 15.0 Å².